The van der Waals surface area contributed by atoms with Crippen molar-refractivity contribution in [1.29, 1.82) is 0 Å². The first-order chi connectivity index (χ1) is 16.1. The third-order valence-corrected chi connectivity index (χ3v) is 7.07. The van der Waals surface area contributed by atoms with E-state index in [1.165, 1.54) is 12.8 Å². The van der Waals surface area contributed by atoms with Crippen LogP contribution in [0.2, 0.25) is 5.02 Å². The van der Waals surface area contributed by atoms with Crippen LogP contribution in [-0.4, -0.2) is 38.4 Å². The number of hydrogen-bond donors (Lipinski definition) is 1. The van der Waals surface area contributed by atoms with Crippen LogP contribution < -0.4 is 11.0 Å². The van der Waals surface area contributed by atoms with Gasteiger partial charge in [-0.15, -0.1) is 0 Å². The molecule has 1 saturated heterocycles. The Hall–Kier alpha value is -2.64. The summed E-state index contributed by atoms with van der Waals surface area (Å²) in [6, 6.07) is 9.73. The van der Waals surface area contributed by atoms with Crippen LogP contribution in [0.3, 0.4) is 0 Å². The van der Waals surface area contributed by atoms with Crippen LogP contribution in [0.5, 0.6) is 0 Å². The zero-order chi connectivity index (χ0) is 22.8. The molecule has 0 unspecified atom stereocenters. The maximum atomic E-state index is 13.6. The Morgan fingerprint density at radius 1 is 1.09 bits per heavy atom. The maximum Gasteiger partial charge on any atom is 0.333 e. The summed E-state index contributed by atoms with van der Waals surface area (Å²) in [5.41, 5.74) is 2.08. The van der Waals surface area contributed by atoms with Crippen LogP contribution in [0.25, 0.3) is 17.1 Å². The van der Waals surface area contributed by atoms with Gasteiger partial charge in [0.15, 0.2) is 0 Å². The number of halogens is 1. The molecule has 1 aliphatic carbocycles. The van der Waals surface area contributed by atoms with E-state index in [2.05, 4.69) is 17.2 Å². The first-order valence-electron chi connectivity index (χ1n) is 11.9. The van der Waals surface area contributed by atoms with Gasteiger partial charge in [-0.1, -0.05) is 24.6 Å². The van der Waals surface area contributed by atoms with Crippen LogP contribution in [-0.2, 0) is 4.74 Å². The second kappa shape index (κ2) is 9.69. The highest BCUT2D eigenvalue weighted by atomic mass is 35.5. The van der Waals surface area contributed by atoms with Gasteiger partial charge in [0.1, 0.15) is 0 Å². The molecule has 0 atom stereocenters. The minimum Gasteiger partial charge on any atom is -0.381 e. The molecule has 8 heteroatoms. The molecule has 1 aliphatic heterocycles. The van der Waals surface area contributed by atoms with Gasteiger partial charge in [0, 0.05) is 42.7 Å². The number of anilines is 1. The van der Waals surface area contributed by atoms with Crippen LogP contribution >= 0.6 is 11.6 Å². The van der Waals surface area contributed by atoms with Crippen molar-refractivity contribution in [3.8, 4) is 17.1 Å². The predicted octanol–water partition coefficient (Wildman–Crippen LogP) is 5.09. The Bertz CT molecular complexity index is 1160. The largest absolute Gasteiger partial charge is 0.381 e. The molecule has 1 saturated carbocycles. The topological polar surface area (TPSA) is 74.0 Å². The summed E-state index contributed by atoms with van der Waals surface area (Å²) in [5, 5.41) is 4.09. The summed E-state index contributed by atoms with van der Waals surface area (Å²) >= 11 is 6.27. The van der Waals surface area contributed by atoms with Crippen molar-refractivity contribution in [2.75, 3.05) is 18.5 Å². The molecule has 174 valence electrons. The molecule has 7 nitrogen and oxygen atoms in total. The van der Waals surface area contributed by atoms with Crippen molar-refractivity contribution < 1.29 is 4.74 Å². The summed E-state index contributed by atoms with van der Waals surface area (Å²) in [6.45, 7) is 3.64. The molecular formula is C25H30ClN5O2. The Labute approximate surface area is 198 Å². The molecule has 0 radical (unpaired) electrons. The lowest BCUT2D eigenvalue weighted by molar-refractivity contribution is 0.0686. The molecule has 3 aromatic rings. The summed E-state index contributed by atoms with van der Waals surface area (Å²) in [7, 11) is 0. The van der Waals surface area contributed by atoms with Gasteiger partial charge in [-0.3, -0.25) is 9.13 Å². The van der Waals surface area contributed by atoms with Crippen molar-refractivity contribution in [1.82, 2.24) is 19.1 Å². The lowest BCUT2D eigenvalue weighted by Gasteiger charge is -2.26. The summed E-state index contributed by atoms with van der Waals surface area (Å²) in [4.78, 5) is 22.9. The van der Waals surface area contributed by atoms with Crippen molar-refractivity contribution in [2.45, 2.75) is 57.5 Å². The predicted molar refractivity (Wildman–Crippen MR) is 130 cm³/mol. The summed E-state index contributed by atoms with van der Waals surface area (Å²) in [6.07, 6.45) is 10.0. The quantitative estimate of drug-likeness (QED) is 0.565. The third kappa shape index (κ3) is 4.84. The minimum atomic E-state index is -0.0893. The fourth-order valence-corrected chi connectivity index (χ4v) is 5.08. The smallest absolute Gasteiger partial charge is 0.333 e. The highest BCUT2D eigenvalue weighted by molar-refractivity contribution is 6.30. The summed E-state index contributed by atoms with van der Waals surface area (Å²) < 4.78 is 9.04. The molecule has 2 aromatic heterocycles. The molecule has 2 fully saturated rings. The molecule has 33 heavy (non-hydrogen) atoms. The number of nitrogens with zero attached hydrogens (tertiary/aromatic N) is 4. The number of nitrogens with one attached hydrogen (secondary N) is 1. The van der Waals surface area contributed by atoms with Gasteiger partial charge < -0.3 is 10.1 Å². The molecule has 1 aromatic carbocycles. The van der Waals surface area contributed by atoms with Crippen molar-refractivity contribution in [3.63, 3.8) is 0 Å². The molecule has 5 rings (SSSR count). The van der Waals surface area contributed by atoms with E-state index in [1.54, 1.807) is 10.8 Å². The van der Waals surface area contributed by atoms with Crippen molar-refractivity contribution in [2.24, 2.45) is 5.92 Å². The average Bonchev–Trinajstić information content (AvgIpc) is 3.18. The third-order valence-electron chi connectivity index (χ3n) is 6.83. The Morgan fingerprint density at radius 2 is 1.88 bits per heavy atom. The Morgan fingerprint density at radius 3 is 2.64 bits per heavy atom. The second-order valence-electron chi connectivity index (χ2n) is 9.23. The normalized spacial score (nSPS) is 21.8. The standard InChI is InChI=1S/C25H30ClN5O2/c1-17-5-7-19(8-6-17)28-24-27-12-9-22(29-24)23-16-30(20-10-13-33-14-11-20)25(32)31(23)21-4-2-3-18(26)15-21/h2-4,9,12,15-17,19-20H,5-8,10-11,13-14H2,1H3,(H,27,28,29)/t17-,19-. The molecule has 0 bridgehead atoms. The van der Waals surface area contributed by atoms with E-state index in [0.717, 1.165) is 43.0 Å². The lowest BCUT2D eigenvalue weighted by atomic mass is 9.87. The first kappa shape index (κ1) is 22.2. The van der Waals surface area contributed by atoms with Crippen molar-refractivity contribution in [3.05, 3.63) is 58.2 Å². The number of aromatic nitrogens is 4. The number of benzene rings is 1. The van der Waals surface area contributed by atoms with Gasteiger partial charge in [-0.2, -0.15) is 0 Å². The van der Waals surface area contributed by atoms with Gasteiger partial charge in [0.05, 0.1) is 17.1 Å². The minimum absolute atomic E-state index is 0.0893. The van der Waals surface area contributed by atoms with E-state index in [-0.39, 0.29) is 11.7 Å². The highest BCUT2D eigenvalue weighted by Gasteiger charge is 2.24. The van der Waals surface area contributed by atoms with Gasteiger partial charge in [0.2, 0.25) is 5.95 Å². The SMILES string of the molecule is C[C@H]1CC[C@H](Nc2nccc(-c3cn(C4CCOCC4)c(=O)n3-c3cccc(Cl)c3)n2)CC1. The number of hydrogen-bond acceptors (Lipinski definition) is 5. The van der Waals surface area contributed by atoms with E-state index in [0.29, 0.717) is 35.9 Å². The van der Waals surface area contributed by atoms with Crippen LogP contribution in [0.4, 0.5) is 5.95 Å². The van der Waals surface area contributed by atoms with Crippen molar-refractivity contribution >= 4 is 17.5 Å². The van der Waals surface area contributed by atoms with E-state index >= 15 is 0 Å². The molecule has 2 aliphatic rings. The lowest BCUT2D eigenvalue weighted by Crippen LogP contribution is -2.30. The zero-order valence-electron chi connectivity index (χ0n) is 18.9. The second-order valence-corrected chi connectivity index (χ2v) is 9.67. The Balaban J connectivity index is 1.53. The number of imidazole rings is 1. The Kier molecular flexibility index (Phi) is 6.51. The van der Waals surface area contributed by atoms with E-state index in [4.69, 9.17) is 21.3 Å². The van der Waals surface area contributed by atoms with Gasteiger partial charge in [0.25, 0.3) is 0 Å². The molecular weight excluding hydrogens is 438 g/mol. The average molecular weight is 468 g/mol. The van der Waals surface area contributed by atoms with E-state index in [1.807, 2.05) is 41.1 Å². The molecule has 3 heterocycles. The molecule has 0 spiro atoms. The fraction of sp³-hybridized carbons (Fsp3) is 0.480. The summed E-state index contributed by atoms with van der Waals surface area (Å²) in [5.74, 6) is 1.39. The van der Waals surface area contributed by atoms with Crippen LogP contribution in [0.1, 0.15) is 51.5 Å². The zero-order valence-corrected chi connectivity index (χ0v) is 19.7. The van der Waals surface area contributed by atoms with Crippen LogP contribution in [0.15, 0.2) is 47.5 Å². The number of ether oxygens (including phenoxy) is 1. The van der Waals surface area contributed by atoms with E-state index < -0.39 is 0 Å². The first-order valence-corrected chi connectivity index (χ1v) is 12.2. The molecule has 0 amide bonds. The van der Waals surface area contributed by atoms with Crippen LogP contribution in [0, 0.1) is 5.92 Å². The van der Waals surface area contributed by atoms with E-state index in [9.17, 15) is 4.79 Å². The maximum absolute atomic E-state index is 13.6. The van der Waals surface area contributed by atoms with Gasteiger partial charge in [-0.25, -0.2) is 14.8 Å². The van der Waals surface area contributed by atoms with Gasteiger partial charge >= 0.3 is 5.69 Å². The molecule has 1 N–H and O–H groups in total. The fourth-order valence-electron chi connectivity index (χ4n) is 4.89. The highest BCUT2D eigenvalue weighted by Crippen LogP contribution is 2.28. The number of rotatable bonds is 5. The monoisotopic (exact) mass is 467 g/mol. The van der Waals surface area contributed by atoms with Gasteiger partial charge in [-0.05, 0) is 68.7 Å².